The van der Waals surface area contributed by atoms with E-state index >= 15 is 0 Å². The topological polar surface area (TPSA) is 87.1 Å². The van der Waals surface area contributed by atoms with Crippen LogP contribution < -0.4 is 4.90 Å². The van der Waals surface area contributed by atoms with Gasteiger partial charge in [0.15, 0.2) is 0 Å². The molecule has 1 aromatic rings. The fraction of sp³-hybridized carbons (Fsp3) is 0.536. The van der Waals surface area contributed by atoms with Crippen LogP contribution in [-0.4, -0.2) is 70.1 Å². The Bertz CT molecular complexity index is 1060. The molecule has 2 bridgehead atoms. The molecule has 1 spiro atoms. The second kappa shape index (κ2) is 11.6. The van der Waals surface area contributed by atoms with E-state index in [4.69, 9.17) is 16.3 Å². The van der Waals surface area contributed by atoms with Crippen molar-refractivity contribution in [1.82, 2.24) is 4.90 Å². The molecule has 37 heavy (non-hydrogen) atoms. The first-order valence-electron chi connectivity index (χ1n) is 12.9. The summed E-state index contributed by atoms with van der Waals surface area (Å²) in [6.45, 7) is 9.68. The van der Waals surface area contributed by atoms with Gasteiger partial charge in [0.1, 0.15) is 6.04 Å². The van der Waals surface area contributed by atoms with Gasteiger partial charge in [0, 0.05) is 18.3 Å². The summed E-state index contributed by atoms with van der Waals surface area (Å²) in [7, 11) is 0. The van der Waals surface area contributed by atoms with Crippen LogP contribution >= 0.6 is 23.4 Å². The van der Waals surface area contributed by atoms with Gasteiger partial charge in [0.25, 0.3) is 5.91 Å². The summed E-state index contributed by atoms with van der Waals surface area (Å²) >= 11 is 8.13. The molecule has 1 aromatic carbocycles. The number of halogens is 1. The van der Waals surface area contributed by atoms with Crippen molar-refractivity contribution < 1.29 is 24.2 Å². The molecule has 3 aliphatic heterocycles. The van der Waals surface area contributed by atoms with Crippen molar-refractivity contribution in [3.05, 3.63) is 54.1 Å². The lowest BCUT2D eigenvalue weighted by atomic mass is 9.71. The SMILES string of the molecule is C=CCCCCOC(=O)[C@@H]1[C@H]2C(=O)N(CCO)C(C(=O)N(CC=C)c3c(C)cccc3Cl)C23CC[C@H]1S3. The average Bonchev–Trinajstić information content (AvgIpc) is 3.51. The van der Waals surface area contributed by atoms with Gasteiger partial charge in [-0.1, -0.05) is 35.9 Å². The van der Waals surface area contributed by atoms with E-state index < -0.39 is 22.6 Å². The lowest BCUT2D eigenvalue weighted by molar-refractivity contribution is -0.154. The number of nitrogens with zero attached hydrogens (tertiary/aromatic N) is 2. The van der Waals surface area contributed by atoms with Gasteiger partial charge in [-0.05, 0) is 50.7 Å². The molecule has 2 amide bonds. The number of benzene rings is 1. The largest absolute Gasteiger partial charge is 0.465 e. The monoisotopic (exact) mass is 546 g/mol. The number of fused-ring (bicyclic) bond motifs is 1. The highest BCUT2D eigenvalue weighted by Gasteiger charge is 2.74. The zero-order chi connectivity index (χ0) is 26.7. The highest BCUT2D eigenvalue weighted by Crippen LogP contribution is 2.66. The number of aryl methyl sites for hydroxylation is 1. The van der Waals surface area contributed by atoms with Crippen LogP contribution in [0.5, 0.6) is 0 Å². The Labute approximate surface area is 227 Å². The standard InChI is InChI=1S/C28H35ClN2O5S/c1-4-6-7-8-17-36-27(35)21-20-12-13-28(37-20)22(21)25(33)31(15-16-32)24(28)26(34)30(14-5-2)23-18(3)10-9-11-19(23)29/h4-5,9-11,20-22,24,32H,1-2,6-8,12-17H2,3H3/t20-,21+,22+,24?,28?/m1/s1. The average molecular weight is 547 g/mol. The molecule has 200 valence electrons. The number of β-amino-alcohol motifs (C(OH)–C–C–N with tert-alkyl or cyclic N) is 1. The summed E-state index contributed by atoms with van der Waals surface area (Å²) in [4.78, 5) is 44.5. The number of hydrogen-bond donors (Lipinski definition) is 1. The number of likely N-dealkylation sites (tertiary alicyclic amines) is 1. The van der Waals surface area contributed by atoms with Crippen molar-refractivity contribution in [2.24, 2.45) is 11.8 Å². The maximum absolute atomic E-state index is 14.4. The van der Waals surface area contributed by atoms with Crippen LogP contribution in [0.2, 0.25) is 5.02 Å². The number of thioether (sulfide) groups is 1. The summed E-state index contributed by atoms with van der Waals surface area (Å²) < 4.78 is 4.87. The predicted molar refractivity (Wildman–Crippen MR) is 147 cm³/mol. The molecule has 3 saturated heterocycles. The molecule has 3 fully saturated rings. The van der Waals surface area contributed by atoms with E-state index in [1.54, 1.807) is 28.8 Å². The van der Waals surface area contributed by atoms with Crippen molar-refractivity contribution in [2.75, 3.05) is 31.2 Å². The summed E-state index contributed by atoms with van der Waals surface area (Å²) in [6.07, 6.45) is 7.31. The zero-order valence-corrected chi connectivity index (χ0v) is 22.8. The highest BCUT2D eigenvalue weighted by atomic mass is 35.5. The van der Waals surface area contributed by atoms with Gasteiger partial charge in [0.2, 0.25) is 5.91 Å². The molecule has 3 heterocycles. The van der Waals surface area contributed by atoms with Crippen molar-refractivity contribution in [3.63, 3.8) is 0 Å². The summed E-state index contributed by atoms with van der Waals surface area (Å²) in [5, 5.41) is 10.2. The summed E-state index contributed by atoms with van der Waals surface area (Å²) in [5.41, 5.74) is 1.41. The van der Waals surface area contributed by atoms with Gasteiger partial charge >= 0.3 is 5.97 Å². The number of unbranched alkanes of at least 4 members (excludes halogenated alkanes) is 2. The van der Waals surface area contributed by atoms with E-state index in [0.717, 1.165) is 31.2 Å². The Kier molecular flexibility index (Phi) is 8.71. The Morgan fingerprint density at radius 1 is 1.32 bits per heavy atom. The second-order valence-electron chi connectivity index (χ2n) is 9.91. The molecule has 1 N–H and O–H groups in total. The van der Waals surface area contributed by atoms with Gasteiger partial charge < -0.3 is 19.6 Å². The minimum Gasteiger partial charge on any atom is -0.465 e. The van der Waals surface area contributed by atoms with E-state index in [1.807, 2.05) is 25.1 Å². The highest BCUT2D eigenvalue weighted by molar-refractivity contribution is 8.02. The molecule has 9 heteroatoms. The quantitative estimate of drug-likeness (QED) is 0.241. The molecule has 0 saturated carbocycles. The lowest BCUT2D eigenvalue weighted by Crippen LogP contribution is -2.55. The number of ether oxygens (including phenoxy) is 1. The number of allylic oxidation sites excluding steroid dienone is 1. The smallest absolute Gasteiger partial charge is 0.310 e. The molecule has 0 aromatic heterocycles. The molecule has 3 aliphatic rings. The molecule has 7 nitrogen and oxygen atoms in total. The number of hydrogen-bond acceptors (Lipinski definition) is 6. The molecule has 0 radical (unpaired) electrons. The number of para-hydroxylation sites is 1. The number of aliphatic hydroxyl groups excluding tert-OH is 1. The summed E-state index contributed by atoms with van der Waals surface area (Å²) in [5.74, 6) is -2.15. The third kappa shape index (κ3) is 4.84. The third-order valence-electron chi connectivity index (χ3n) is 7.73. The Hall–Kier alpha value is -2.29. The number of aliphatic hydroxyl groups is 1. The second-order valence-corrected chi connectivity index (χ2v) is 11.9. The van der Waals surface area contributed by atoms with Gasteiger partial charge in [0.05, 0.1) is 40.5 Å². The lowest BCUT2D eigenvalue weighted by Gasteiger charge is -2.37. The van der Waals surface area contributed by atoms with E-state index in [2.05, 4.69) is 13.2 Å². The first-order chi connectivity index (χ1) is 17.8. The van der Waals surface area contributed by atoms with E-state index in [0.29, 0.717) is 23.7 Å². The van der Waals surface area contributed by atoms with Crippen molar-refractivity contribution in [1.29, 1.82) is 0 Å². The zero-order valence-electron chi connectivity index (χ0n) is 21.2. The number of rotatable bonds is 12. The van der Waals surface area contributed by atoms with Crippen molar-refractivity contribution in [3.8, 4) is 0 Å². The molecule has 5 atom stereocenters. The van der Waals surface area contributed by atoms with Gasteiger partial charge in [-0.3, -0.25) is 14.4 Å². The molecule has 0 aliphatic carbocycles. The van der Waals surface area contributed by atoms with Crippen LogP contribution in [0.4, 0.5) is 5.69 Å². The first-order valence-corrected chi connectivity index (χ1v) is 14.1. The molecule has 4 rings (SSSR count). The predicted octanol–water partition coefficient (Wildman–Crippen LogP) is 4.15. The molecular weight excluding hydrogens is 512 g/mol. The van der Waals surface area contributed by atoms with Crippen LogP contribution in [0, 0.1) is 18.8 Å². The Morgan fingerprint density at radius 2 is 2.11 bits per heavy atom. The van der Waals surface area contributed by atoms with Crippen LogP contribution in [0.15, 0.2) is 43.5 Å². The fourth-order valence-corrected chi connectivity index (χ4v) is 8.77. The molecular formula is C28H35ClN2O5S. The van der Waals surface area contributed by atoms with E-state index in [-0.39, 0.29) is 42.7 Å². The minimum absolute atomic E-state index is 0.0193. The fourth-order valence-electron chi connectivity index (χ4n) is 6.24. The van der Waals surface area contributed by atoms with E-state index in [9.17, 15) is 19.5 Å². The molecule has 2 unspecified atom stereocenters. The normalized spacial score (nSPS) is 27.8. The first kappa shape index (κ1) is 27.7. The van der Waals surface area contributed by atoms with Crippen LogP contribution in [0.3, 0.4) is 0 Å². The van der Waals surface area contributed by atoms with Crippen molar-refractivity contribution >= 4 is 46.8 Å². The number of carbonyl (C=O) groups is 3. The van der Waals surface area contributed by atoms with Crippen molar-refractivity contribution in [2.45, 2.75) is 55.1 Å². The number of amides is 2. The minimum atomic E-state index is -0.826. The van der Waals surface area contributed by atoms with Gasteiger partial charge in [-0.15, -0.1) is 24.9 Å². The Balaban J connectivity index is 1.67. The maximum Gasteiger partial charge on any atom is 0.310 e. The van der Waals surface area contributed by atoms with Gasteiger partial charge in [-0.25, -0.2) is 0 Å². The third-order valence-corrected chi connectivity index (χ3v) is 9.99. The maximum atomic E-state index is 14.4. The number of esters is 1. The summed E-state index contributed by atoms with van der Waals surface area (Å²) in [6, 6.07) is 4.61. The number of anilines is 1. The number of carbonyl (C=O) groups excluding carboxylic acids is 3. The van der Waals surface area contributed by atoms with Gasteiger partial charge in [-0.2, -0.15) is 0 Å². The van der Waals surface area contributed by atoms with Crippen LogP contribution in [0.25, 0.3) is 0 Å². The van der Waals surface area contributed by atoms with Crippen LogP contribution in [-0.2, 0) is 19.1 Å². The van der Waals surface area contributed by atoms with E-state index in [1.165, 1.54) is 4.90 Å². The van der Waals surface area contributed by atoms with Crippen LogP contribution in [0.1, 0.15) is 37.7 Å². The Morgan fingerprint density at radius 3 is 2.78 bits per heavy atom.